The van der Waals surface area contributed by atoms with Crippen LogP contribution >= 0.6 is 0 Å². The number of nitrogens with zero attached hydrogens (tertiary/aromatic N) is 1. The van der Waals surface area contributed by atoms with E-state index >= 15 is 0 Å². The quantitative estimate of drug-likeness (QED) is 0.286. The molecule has 0 spiro atoms. The van der Waals surface area contributed by atoms with E-state index in [0.717, 1.165) is 16.6 Å². The average molecular weight is 462 g/mol. The highest BCUT2D eigenvalue weighted by molar-refractivity contribution is 6.10. The second-order valence-electron chi connectivity index (χ2n) is 8.00. The van der Waals surface area contributed by atoms with Gasteiger partial charge in [0.05, 0.1) is 17.6 Å². The molecule has 2 N–H and O–H groups in total. The van der Waals surface area contributed by atoms with E-state index in [1.54, 1.807) is 36.4 Å². The smallest absolute Gasteiger partial charge is 0.255 e. The van der Waals surface area contributed by atoms with Crippen LogP contribution in [0.3, 0.4) is 0 Å². The van der Waals surface area contributed by atoms with E-state index in [2.05, 4.69) is 15.3 Å². The normalized spacial score (nSPS) is 10.8. The molecule has 6 heteroatoms. The van der Waals surface area contributed by atoms with E-state index < -0.39 is 0 Å². The van der Waals surface area contributed by atoms with Gasteiger partial charge in [-0.15, -0.1) is 0 Å². The Morgan fingerprint density at radius 2 is 1.60 bits per heavy atom. The summed E-state index contributed by atoms with van der Waals surface area (Å²) >= 11 is 0. The van der Waals surface area contributed by atoms with Gasteiger partial charge in [0, 0.05) is 27.9 Å². The van der Waals surface area contributed by atoms with Gasteiger partial charge in [-0.25, -0.2) is 4.98 Å². The Morgan fingerprint density at radius 1 is 0.829 bits per heavy atom. The molecule has 0 bridgehead atoms. The van der Waals surface area contributed by atoms with E-state index in [-0.39, 0.29) is 11.7 Å². The first kappa shape index (κ1) is 22.1. The number of amides is 1. The second kappa shape index (κ2) is 9.65. The van der Waals surface area contributed by atoms with Crippen LogP contribution in [0.15, 0.2) is 97.1 Å². The van der Waals surface area contributed by atoms with Crippen molar-refractivity contribution in [2.75, 3.05) is 11.9 Å². The van der Waals surface area contributed by atoms with Crippen molar-refractivity contribution >= 4 is 28.4 Å². The van der Waals surface area contributed by atoms with Crippen LogP contribution in [0.2, 0.25) is 0 Å². The number of fused-ring (bicyclic) bond motifs is 1. The molecule has 0 aliphatic heterocycles. The van der Waals surface area contributed by atoms with Crippen molar-refractivity contribution in [1.82, 2.24) is 9.97 Å². The van der Waals surface area contributed by atoms with E-state index in [4.69, 9.17) is 4.74 Å². The summed E-state index contributed by atoms with van der Waals surface area (Å²) < 4.78 is 5.47. The van der Waals surface area contributed by atoms with Gasteiger partial charge < -0.3 is 15.0 Å². The molecule has 0 saturated heterocycles. The fourth-order valence-corrected chi connectivity index (χ4v) is 3.85. The SMILES string of the molecule is CCOc1cccc(C(=O)Nc2ccc(-c3nc4ccc(C(=O)c5ccccc5)cc4[nH]3)cc2)c1. The number of aromatic nitrogens is 2. The maximum Gasteiger partial charge on any atom is 0.255 e. The highest BCUT2D eigenvalue weighted by Gasteiger charge is 2.12. The first-order chi connectivity index (χ1) is 17.1. The topological polar surface area (TPSA) is 84.1 Å². The first-order valence-corrected chi connectivity index (χ1v) is 11.3. The van der Waals surface area contributed by atoms with E-state index in [9.17, 15) is 9.59 Å². The molecule has 1 aromatic heterocycles. The Morgan fingerprint density at radius 3 is 2.37 bits per heavy atom. The lowest BCUT2D eigenvalue weighted by Crippen LogP contribution is -2.11. The van der Waals surface area contributed by atoms with Gasteiger partial charge in [-0.05, 0) is 67.6 Å². The third-order valence-electron chi connectivity index (χ3n) is 5.60. The summed E-state index contributed by atoms with van der Waals surface area (Å²) in [6.45, 7) is 2.44. The molecule has 5 rings (SSSR count). The molecule has 0 saturated carbocycles. The molecule has 0 atom stereocenters. The summed E-state index contributed by atoms with van der Waals surface area (Å²) in [6, 6.07) is 29.2. The zero-order valence-electron chi connectivity index (χ0n) is 19.1. The van der Waals surface area contributed by atoms with Crippen molar-refractivity contribution < 1.29 is 14.3 Å². The van der Waals surface area contributed by atoms with E-state index in [1.165, 1.54) is 0 Å². The molecule has 35 heavy (non-hydrogen) atoms. The molecule has 0 unspecified atom stereocenters. The maximum atomic E-state index is 12.8. The summed E-state index contributed by atoms with van der Waals surface area (Å²) in [5.41, 5.74) is 4.88. The number of H-pyrrole nitrogens is 1. The van der Waals surface area contributed by atoms with Crippen molar-refractivity contribution in [1.29, 1.82) is 0 Å². The highest BCUT2D eigenvalue weighted by atomic mass is 16.5. The van der Waals surface area contributed by atoms with Crippen LogP contribution in [0.1, 0.15) is 33.2 Å². The minimum Gasteiger partial charge on any atom is -0.494 e. The molecule has 0 radical (unpaired) electrons. The molecule has 4 aromatic carbocycles. The van der Waals surface area contributed by atoms with Crippen molar-refractivity contribution in [2.24, 2.45) is 0 Å². The summed E-state index contributed by atoms with van der Waals surface area (Å²) in [5, 5.41) is 2.91. The Bertz CT molecular complexity index is 1510. The van der Waals surface area contributed by atoms with Gasteiger partial charge in [0.15, 0.2) is 5.78 Å². The monoisotopic (exact) mass is 461 g/mol. The van der Waals surface area contributed by atoms with Gasteiger partial charge in [0.1, 0.15) is 11.6 Å². The number of rotatable bonds is 7. The number of hydrogen-bond acceptors (Lipinski definition) is 4. The van der Waals surface area contributed by atoms with Crippen LogP contribution in [0, 0.1) is 0 Å². The molecule has 0 aliphatic carbocycles. The number of carbonyl (C=O) groups is 2. The standard InChI is InChI=1S/C29H23N3O3/c1-2-35-24-10-6-9-22(17-24)29(34)30-23-14-11-20(12-15-23)28-31-25-16-13-21(18-26(25)32-28)27(33)19-7-4-3-5-8-19/h3-18H,2H2,1H3,(H,30,34)(H,31,32). The highest BCUT2D eigenvalue weighted by Crippen LogP contribution is 2.24. The Kier molecular flexibility index (Phi) is 6.09. The number of carbonyl (C=O) groups excluding carboxylic acids is 2. The number of imidazole rings is 1. The number of benzene rings is 4. The van der Waals surface area contributed by atoms with Gasteiger partial charge in [-0.2, -0.15) is 0 Å². The zero-order chi connectivity index (χ0) is 24.2. The molecule has 0 aliphatic rings. The molecule has 1 heterocycles. The van der Waals surface area contributed by atoms with Gasteiger partial charge in [0.25, 0.3) is 5.91 Å². The summed E-state index contributed by atoms with van der Waals surface area (Å²) in [5.74, 6) is 1.11. The minimum absolute atomic E-state index is 0.0319. The minimum atomic E-state index is -0.210. The first-order valence-electron chi connectivity index (χ1n) is 11.3. The van der Waals surface area contributed by atoms with Crippen LogP contribution in [0.5, 0.6) is 5.75 Å². The number of ketones is 1. The molecule has 172 valence electrons. The third-order valence-corrected chi connectivity index (χ3v) is 5.60. The number of nitrogens with one attached hydrogen (secondary N) is 2. The Labute approximate surface area is 202 Å². The average Bonchev–Trinajstić information content (AvgIpc) is 3.33. The van der Waals surface area contributed by atoms with Crippen LogP contribution in [0.25, 0.3) is 22.4 Å². The number of ether oxygens (including phenoxy) is 1. The molecule has 6 nitrogen and oxygen atoms in total. The lowest BCUT2D eigenvalue weighted by Gasteiger charge is -2.08. The van der Waals surface area contributed by atoms with Gasteiger partial charge in [0.2, 0.25) is 0 Å². The predicted molar refractivity (Wildman–Crippen MR) is 137 cm³/mol. The fourth-order valence-electron chi connectivity index (χ4n) is 3.85. The lowest BCUT2D eigenvalue weighted by atomic mass is 10.0. The van der Waals surface area contributed by atoms with Crippen molar-refractivity contribution in [3.05, 3.63) is 114 Å². The second-order valence-corrected chi connectivity index (χ2v) is 8.00. The van der Waals surface area contributed by atoms with Gasteiger partial charge >= 0.3 is 0 Å². The van der Waals surface area contributed by atoms with Crippen molar-refractivity contribution in [3.63, 3.8) is 0 Å². The molecule has 5 aromatic rings. The third kappa shape index (κ3) is 4.82. The maximum absolute atomic E-state index is 12.8. The van der Waals surface area contributed by atoms with Gasteiger partial charge in [-0.1, -0.05) is 36.4 Å². The molecular weight excluding hydrogens is 438 g/mol. The van der Waals surface area contributed by atoms with E-state index in [1.807, 2.05) is 67.6 Å². The van der Waals surface area contributed by atoms with Crippen molar-refractivity contribution in [3.8, 4) is 17.1 Å². The summed E-state index contributed by atoms with van der Waals surface area (Å²) in [6.07, 6.45) is 0. The molecule has 0 fully saturated rings. The number of anilines is 1. The van der Waals surface area contributed by atoms with Gasteiger partial charge in [-0.3, -0.25) is 9.59 Å². The number of aromatic amines is 1. The predicted octanol–water partition coefficient (Wildman–Crippen LogP) is 6.11. The van der Waals surface area contributed by atoms with Crippen LogP contribution in [-0.4, -0.2) is 28.3 Å². The Hall–Kier alpha value is -4.71. The summed E-state index contributed by atoms with van der Waals surface area (Å²) in [4.78, 5) is 33.3. The largest absolute Gasteiger partial charge is 0.494 e. The van der Waals surface area contributed by atoms with Crippen LogP contribution in [-0.2, 0) is 0 Å². The lowest BCUT2D eigenvalue weighted by molar-refractivity contribution is 0.102. The van der Waals surface area contributed by atoms with Crippen LogP contribution < -0.4 is 10.1 Å². The van der Waals surface area contributed by atoms with E-state index in [0.29, 0.717) is 40.6 Å². The zero-order valence-corrected chi connectivity index (χ0v) is 19.1. The Balaban J connectivity index is 1.33. The fraction of sp³-hybridized carbons (Fsp3) is 0.0690. The number of hydrogen-bond donors (Lipinski definition) is 2. The molecular formula is C29H23N3O3. The molecule has 1 amide bonds. The van der Waals surface area contributed by atoms with Crippen LogP contribution in [0.4, 0.5) is 5.69 Å². The van der Waals surface area contributed by atoms with Crippen molar-refractivity contribution in [2.45, 2.75) is 6.92 Å². The summed E-state index contributed by atoms with van der Waals surface area (Å²) in [7, 11) is 0.